The van der Waals surface area contributed by atoms with Crippen molar-refractivity contribution in [2.75, 3.05) is 20.3 Å². The Morgan fingerprint density at radius 2 is 1.80 bits per heavy atom. The Morgan fingerprint density at radius 1 is 1.11 bits per heavy atom. The van der Waals surface area contributed by atoms with Crippen LogP contribution in [0.5, 0.6) is 5.75 Å². The van der Waals surface area contributed by atoms with Crippen LogP contribution in [0.15, 0.2) is 65.6 Å². The number of rotatable bonds is 10. The zero-order valence-electron chi connectivity index (χ0n) is 19.5. The molecule has 2 aromatic carbocycles. The number of aliphatic hydroxyl groups excluding tert-OH is 1. The summed E-state index contributed by atoms with van der Waals surface area (Å²) in [5, 5.41) is 25.6. The van der Waals surface area contributed by atoms with E-state index in [2.05, 4.69) is 10.4 Å². The fourth-order valence-corrected chi connectivity index (χ4v) is 3.60. The van der Waals surface area contributed by atoms with Crippen molar-refractivity contribution in [3.8, 4) is 16.9 Å². The number of carbonyl (C=O) groups excluding carboxylic acids is 1. The lowest BCUT2D eigenvalue weighted by Crippen LogP contribution is -2.49. The van der Waals surface area contributed by atoms with Crippen molar-refractivity contribution >= 4 is 12.0 Å². The molecule has 0 saturated heterocycles. The van der Waals surface area contributed by atoms with Gasteiger partial charge in [0.1, 0.15) is 6.04 Å². The number of ether oxygens (including phenoxy) is 1. The first-order chi connectivity index (χ1) is 16.8. The van der Waals surface area contributed by atoms with Crippen molar-refractivity contribution in [2.45, 2.75) is 19.0 Å². The van der Waals surface area contributed by atoms with Crippen LogP contribution in [0.3, 0.4) is 0 Å². The van der Waals surface area contributed by atoms with Gasteiger partial charge in [-0.05, 0) is 16.7 Å². The van der Waals surface area contributed by atoms with Crippen molar-refractivity contribution in [1.82, 2.24) is 20.0 Å². The van der Waals surface area contributed by atoms with E-state index in [-0.39, 0.29) is 31.7 Å². The van der Waals surface area contributed by atoms with Gasteiger partial charge in [-0.1, -0.05) is 54.6 Å². The molecule has 1 atom stereocenters. The van der Waals surface area contributed by atoms with Gasteiger partial charge in [-0.15, -0.1) is 0 Å². The first-order valence-corrected chi connectivity index (χ1v) is 11.0. The van der Waals surface area contributed by atoms with Crippen molar-refractivity contribution < 1.29 is 24.5 Å². The maximum atomic E-state index is 12.8. The Hall–Kier alpha value is -4.18. The minimum atomic E-state index is -1.19. The monoisotopic (exact) mass is 480 g/mol. The quantitative estimate of drug-likeness (QED) is 0.402. The number of carbonyl (C=O) groups is 2. The van der Waals surface area contributed by atoms with Crippen molar-refractivity contribution in [3.63, 3.8) is 0 Å². The average molecular weight is 481 g/mol. The van der Waals surface area contributed by atoms with Crippen molar-refractivity contribution in [3.05, 3.63) is 82.3 Å². The Labute approximate surface area is 202 Å². The third-order valence-electron chi connectivity index (χ3n) is 5.47. The summed E-state index contributed by atoms with van der Waals surface area (Å²) in [6, 6.07) is 14.2. The van der Waals surface area contributed by atoms with Crippen LogP contribution in [0, 0.1) is 0 Å². The number of hydrogen-bond acceptors (Lipinski definition) is 6. The van der Waals surface area contributed by atoms with Gasteiger partial charge in [0.15, 0.2) is 5.75 Å². The largest absolute Gasteiger partial charge is 0.494 e. The number of carboxylic acids is 1. The van der Waals surface area contributed by atoms with Gasteiger partial charge in [-0.25, -0.2) is 14.3 Å². The molecule has 2 amide bonds. The van der Waals surface area contributed by atoms with Crippen LogP contribution in [0.25, 0.3) is 11.1 Å². The molecule has 3 rings (SSSR count). The molecule has 0 spiro atoms. The number of nitrogens with one attached hydrogen (secondary N) is 1. The lowest BCUT2D eigenvalue weighted by atomic mass is 10.0. The maximum Gasteiger partial charge on any atom is 0.326 e. The van der Waals surface area contributed by atoms with E-state index in [1.807, 2.05) is 30.3 Å². The zero-order valence-corrected chi connectivity index (χ0v) is 19.5. The highest BCUT2D eigenvalue weighted by atomic mass is 16.5. The predicted octanol–water partition coefficient (Wildman–Crippen LogP) is 1.66. The fraction of sp³-hybridized carbons (Fsp3) is 0.280. The molecule has 0 unspecified atom stereocenters. The summed E-state index contributed by atoms with van der Waals surface area (Å²) < 4.78 is 6.47. The molecular formula is C25H28N4O6. The molecule has 1 aromatic heterocycles. The third kappa shape index (κ3) is 6.45. The second-order valence-corrected chi connectivity index (χ2v) is 7.89. The Balaban J connectivity index is 1.75. The normalized spacial score (nSPS) is 11.5. The highest BCUT2D eigenvalue weighted by Gasteiger charge is 2.24. The van der Waals surface area contributed by atoms with Crippen LogP contribution < -0.4 is 15.6 Å². The Morgan fingerprint density at radius 3 is 2.40 bits per heavy atom. The van der Waals surface area contributed by atoms with E-state index in [0.29, 0.717) is 22.4 Å². The summed E-state index contributed by atoms with van der Waals surface area (Å²) in [6.07, 6.45) is 1.49. The molecule has 0 radical (unpaired) electrons. The number of aryl methyl sites for hydroxylation is 1. The minimum Gasteiger partial charge on any atom is -0.494 e. The lowest BCUT2D eigenvalue weighted by Gasteiger charge is -2.25. The van der Waals surface area contributed by atoms with Gasteiger partial charge in [-0.2, -0.15) is 5.10 Å². The number of amides is 2. The number of methoxy groups -OCH3 is 1. The fourth-order valence-electron chi connectivity index (χ4n) is 3.60. The molecule has 184 valence electrons. The van der Waals surface area contributed by atoms with Crippen LogP contribution in [0.2, 0.25) is 0 Å². The number of hydrogen-bond donors (Lipinski definition) is 3. The summed E-state index contributed by atoms with van der Waals surface area (Å²) in [5.74, 6) is -0.852. The van der Waals surface area contributed by atoms with E-state index < -0.39 is 18.0 Å². The van der Waals surface area contributed by atoms with Gasteiger partial charge in [0.25, 0.3) is 5.56 Å². The van der Waals surface area contributed by atoms with Gasteiger partial charge in [-0.3, -0.25) is 4.79 Å². The topological polar surface area (TPSA) is 134 Å². The molecule has 35 heavy (non-hydrogen) atoms. The summed E-state index contributed by atoms with van der Waals surface area (Å²) in [4.78, 5) is 38.6. The highest BCUT2D eigenvalue weighted by Crippen LogP contribution is 2.25. The molecule has 0 aliphatic rings. The second-order valence-electron chi connectivity index (χ2n) is 7.89. The van der Waals surface area contributed by atoms with Gasteiger partial charge >= 0.3 is 12.0 Å². The first-order valence-electron chi connectivity index (χ1n) is 11.0. The number of nitrogens with zero attached hydrogens (tertiary/aromatic N) is 3. The highest BCUT2D eigenvalue weighted by molar-refractivity contribution is 5.83. The molecule has 3 N–H and O–H groups in total. The molecule has 0 aliphatic heterocycles. The molecule has 0 saturated carbocycles. The van der Waals surface area contributed by atoms with E-state index >= 15 is 0 Å². The van der Waals surface area contributed by atoms with E-state index in [4.69, 9.17) is 4.74 Å². The molecule has 3 aromatic rings. The van der Waals surface area contributed by atoms with Crippen LogP contribution in [0.4, 0.5) is 4.79 Å². The molecule has 1 heterocycles. The predicted molar refractivity (Wildman–Crippen MR) is 129 cm³/mol. The van der Waals surface area contributed by atoms with Crippen LogP contribution in [-0.2, 0) is 24.8 Å². The SMILES string of the molecule is COc1cnn(C)c(=O)c1-c1ccc(C[C@H](NC(=O)N(CCO)Cc2ccccc2)C(=O)O)cc1. The summed E-state index contributed by atoms with van der Waals surface area (Å²) in [7, 11) is 2.99. The van der Waals surface area contributed by atoms with Gasteiger partial charge in [0.05, 0.1) is 25.5 Å². The van der Waals surface area contributed by atoms with Crippen LogP contribution in [0.1, 0.15) is 11.1 Å². The van der Waals surface area contributed by atoms with Crippen LogP contribution >= 0.6 is 0 Å². The lowest BCUT2D eigenvalue weighted by molar-refractivity contribution is -0.139. The van der Waals surface area contributed by atoms with E-state index in [1.165, 1.54) is 29.9 Å². The number of aromatic nitrogens is 2. The van der Waals surface area contributed by atoms with E-state index in [0.717, 1.165) is 5.56 Å². The average Bonchev–Trinajstić information content (AvgIpc) is 2.86. The summed E-state index contributed by atoms with van der Waals surface area (Å²) in [5.41, 5.74) is 2.14. The van der Waals surface area contributed by atoms with Crippen molar-refractivity contribution in [1.29, 1.82) is 0 Å². The summed E-state index contributed by atoms with van der Waals surface area (Å²) in [6.45, 7) is 0.0405. The summed E-state index contributed by atoms with van der Waals surface area (Å²) >= 11 is 0. The first kappa shape index (κ1) is 25.4. The number of benzene rings is 2. The Bertz CT molecular complexity index is 1210. The molecule has 10 heteroatoms. The molecule has 0 aliphatic carbocycles. The number of urea groups is 1. The molecule has 0 bridgehead atoms. The second kappa shape index (κ2) is 11.8. The van der Waals surface area contributed by atoms with Crippen LogP contribution in [-0.4, -0.2) is 63.2 Å². The molecule has 0 fully saturated rings. The number of carboxylic acid groups (broad SMARTS) is 1. The standard InChI is InChI=1S/C25H28N4O6/c1-28-23(31)22(21(35-2)15-26-28)19-10-8-17(9-11-19)14-20(24(32)33)27-25(34)29(12-13-30)16-18-6-4-3-5-7-18/h3-11,15,20,30H,12-14,16H2,1-2H3,(H,27,34)(H,32,33)/t20-/m0/s1. The van der Waals surface area contributed by atoms with E-state index in [9.17, 15) is 24.6 Å². The minimum absolute atomic E-state index is 0.0329. The third-order valence-corrected chi connectivity index (χ3v) is 5.47. The number of aliphatic carboxylic acids is 1. The van der Waals surface area contributed by atoms with Crippen molar-refractivity contribution in [2.24, 2.45) is 7.05 Å². The number of aliphatic hydroxyl groups is 1. The maximum absolute atomic E-state index is 12.8. The van der Waals surface area contributed by atoms with Gasteiger partial charge < -0.3 is 25.2 Å². The van der Waals surface area contributed by atoms with E-state index in [1.54, 1.807) is 24.3 Å². The zero-order chi connectivity index (χ0) is 25.4. The van der Waals surface area contributed by atoms with Gasteiger partial charge in [0, 0.05) is 26.6 Å². The molecular weight excluding hydrogens is 452 g/mol. The Kier molecular flexibility index (Phi) is 8.58. The molecule has 10 nitrogen and oxygen atoms in total. The van der Waals surface area contributed by atoms with Gasteiger partial charge in [0.2, 0.25) is 0 Å². The smallest absolute Gasteiger partial charge is 0.326 e.